The Hall–Kier alpha value is -1.84. The van der Waals surface area contributed by atoms with Gasteiger partial charge in [-0.15, -0.1) is 0 Å². The van der Waals surface area contributed by atoms with Crippen LogP contribution in [0.4, 0.5) is 0 Å². The second-order valence-corrected chi connectivity index (χ2v) is 6.13. The molecule has 1 aromatic rings. The average Bonchev–Trinajstić information content (AvgIpc) is 2.36. The number of nitrogens with zero attached hydrogens (tertiary/aromatic N) is 1. The number of rotatable bonds is 3. The molecule has 4 nitrogen and oxygen atoms in total. The number of benzene rings is 1. The number of amides is 1. The zero-order valence-electron chi connectivity index (χ0n) is 13.0. The summed E-state index contributed by atoms with van der Waals surface area (Å²) in [5.74, 6) is -0.664. The van der Waals surface area contributed by atoms with Crippen LogP contribution in [0, 0.1) is 26.7 Å². The lowest BCUT2D eigenvalue weighted by Crippen LogP contribution is -2.41. The van der Waals surface area contributed by atoms with Crippen molar-refractivity contribution in [2.45, 2.75) is 40.0 Å². The Morgan fingerprint density at radius 3 is 2.43 bits per heavy atom. The lowest BCUT2D eigenvalue weighted by molar-refractivity contribution is -0.138. The molecule has 0 radical (unpaired) electrons. The van der Waals surface area contributed by atoms with Crippen LogP contribution in [0.5, 0.6) is 0 Å². The maximum Gasteiger partial charge on any atom is 0.303 e. The molecule has 0 bridgehead atoms. The normalized spacial score (nSPS) is 18.6. The van der Waals surface area contributed by atoms with Crippen LogP contribution in [-0.2, 0) is 4.79 Å². The highest BCUT2D eigenvalue weighted by atomic mass is 16.4. The highest BCUT2D eigenvalue weighted by Gasteiger charge is 2.27. The summed E-state index contributed by atoms with van der Waals surface area (Å²) >= 11 is 0. The molecule has 1 amide bonds. The zero-order valence-corrected chi connectivity index (χ0v) is 13.0. The largest absolute Gasteiger partial charge is 0.481 e. The summed E-state index contributed by atoms with van der Waals surface area (Å²) in [6, 6.07) is 4.05. The van der Waals surface area contributed by atoms with E-state index in [1.165, 1.54) is 0 Å². The summed E-state index contributed by atoms with van der Waals surface area (Å²) in [4.78, 5) is 25.4. The predicted octanol–water partition coefficient (Wildman–Crippen LogP) is 2.94. The quantitative estimate of drug-likeness (QED) is 0.930. The molecule has 1 aromatic carbocycles. The Morgan fingerprint density at radius 2 is 1.86 bits per heavy atom. The van der Waals surface area contributed by atoms with E-state index in [1.807, 2.05) is 37.8 Å². The zero-order chi connectivity index (χ0) is 15.6. The van der Waals surface area contributed by atoms with Gasteiger partial charge in [0.1, 0.15) is 0 Å². The molecule has 0 spiro atoms. The molecule has 2 rings (SSSR count). The molecular weight excluding hydrogens is 266 g/mol. The molecule has 1 heterocycles. The van der Waals surface area contributed by atoms with Gasteiger partial charge < -0.3 is 10.0 Å². The molecule has 0 aromatic heterocycles. The van der Waals surface area contributed by atoms with Gasteiger partial charge >= 0.3 is 5.97 Å². The number of aliphatic carboxylic acids is 1. The summed E-state index contributed by atoms with van der Waals surface area (Å²) in [6.45, 7) is 7.23. The first-order valence-corrected chi connectivity index (χ1v) is 7.47. The van der Waals surface area contributed by atoms with E-state index >= 15 is 0 Å². The number of hydrogen-bond donors (Lipinski definition) is 1. The van der Waals surface area contributed by atoms with Crippen molar-refractivity contribution in [1.29, 1.82) is 0 Å². The van der Waals surface area contributed by atoms with E-state index in [4.69, 9.17) is 5.11 Å². The lowest BCUT2D eigenvalue weighted by atomic mass is 9.93. The van der Waals surface area contributed by atoms with Crippen LogP contribution in [0.2, 0.25) is 0 Å². The van der Waals surface area contributed by atoms with E-state index in [-0.39, 0.29) is 18.2 Å². The SMILES string of the molecule is Cc1cc(C)c(C(=O)N2CCCC(CC(=O)O)C2)c(C)c1. The van der Waals surface area contributed by atoms with Gasteiger partial charge in [-0.25, -0.2) is 0 Å². The summed E-state index contributed by atoms with van der Waals surface area (Å²) in [6.07, 6.45) is 1.92. The second kappa shape index (κ2) is 6.29. The van der Waals surface area contributed by atoms with Gasteiger partial charge in [0, 0.05) is 25.1 Å². The number of aryl methyl sites for hydroxylation is 3. The third kappa shape index (κ3) is 3.63. The Bertz CT molecular complexity index is 542. The van der Waals surface area contributed by atoms with Crippen molar-refractivity contribution in [2.24, 2.45) is 5.92 Å². The minimum Gasteiger partial charge on any atom is -0.481 e. The van der Waals surface area contributed by atoms with Gasteiger partial charge in [0.2, 0.25) is 0 Å². The third-order valence-electron chi connectivity index (χ3n) is 4.16. The van der Waals surface area contributed by atoms with Gasteiger partial charge in [-0.2, -0.15) is 0 Å². The molecule has 0 aliphatic carbocycles. The fourth-order valence-electron chi connectivity index (χ4n) is 3.34. The van der Waals surface area contributed by atoms with E-state index < -0.39 is 5.97 Å². The fraction of sp³-hybridized carbons (Fsp3) is 0.529. The summed E-state index contributed by atoms with van der Waals surface area (Å²) in [7, 11) is 0. The van der Waals surface area contributed by atoms with E-state index in [9.17, 15) is 9.59 Å². The number of likely N-dealkylation sites (tertiary alicyclic amines) is 1. The highest BCUT2D eigenvalue weighted by Crippen LogP contribution is 2.24. The van der Waals surface area contributed by atoms with Crippen LogP contribution in [0.3, 0.4) is 0 Å². The summed E-state index contributed by atoms with van der Waals surface area (Å²) in [5, 5.41) is 8.92. The molecule has 1 unspecified atom stereocenters. The molecule has 1 fully saturated rings. The van der Waals surface area contributed by atoms with Crippen LogP contribution in [0.1, 0.15) is 46.3 Å². The van der Waals surface area contributed by atoms with Crippen molar-refractivity contribution >= 4 is 11.9 Å². The third-order valence-corrected chi connectivity index (χ3v) is 4.16. The molecule has 4 heteroatoms. The van der Waals surface area contributed by atoms with Crippen LogP contribution >= 0.6 is 0 Å². The number of carboxylic acid groups (broad SMARTS) is 1. The molecule has 21 heavy (non-hydrogen) atoms. The molecule has 1 aliphatic rings. The molecule has 1 atom stereocenters. The van der Waals surface area contributed by atoms with Gasteiger partial charge in [0.05, 0.1) is 0 Å². The molecule has 1 aliphatic heterocycles. The minimum atomic E-state index is -0.781. The predicted molar refractivity (Wildman–Crippen MR) is 81.5 cm³/mol. The smallest absolute Gasteiger partial charge is 0.303 e. The van der Waals surface area contributed by atoms with Crippen molar-refractivity contribution in [2.75, 3.05) is 13.1 Å². The van der Waals surface area contributed by atoms with E-state index in [1.54, 1.807) is 0 Å². The van der Waals surface area contributed by atoms with Crippen LogP contribution in [0.25, 0.3) is 0 Å². The summed E-state index contributed by atoms with van der Waals surface area (Å²) < 4.78 is 0. The first-order chi connectivity index (χ1) is 9.88. The maximum atomic E-state index is 12.8. The highest BCUT2D eigenvalue weighted by molar-refractivity contribution is 5.97. The number of piperidine rings is 1. The van der Waals surface area contributed by atoms with Crippen molar-refractivity contribution in [3.8, 4) is 0 Å². The van der Waals surface area contributed by atoms with Crippen LogP contribution < -0.4 is 0 Å². The molecule has 1 N–H and O–H groups in total. The van der Waals surface area contributed by atoms with Gasteiger partial charge in [-0.3, -0.25) is 9.59 Å². The lowest BCUT2D eigenvalue weighted by Gasteiger charge is -2.33. The number of carboxylic acids is 1. The molecule has 114 valence electrons. The van der Waals surface area contributed by atoms with Crippen molar-refractivity contribution in [3.05, 3.63) is 34.4 Å². The summed E-state index contributed by atoms with van der Waals surface area (Å²) in [5.41, 5.74) is 3.93. The van der Waals surface area contributed by atoms with E-state index in [2.05, 4.69) is 0 Å². The van der Waals surface area contributed by atoms with Gasteiger partial charge in [-0.05, 0) is 50.7 Å². The van der Waals surface area contributed by atoms with Crippen LogP contribution in [-0.4, -0.2) is 35.0 Å². The Kier molecular flexibility index (Phi) is 4.66. The average molecular weight is 289 g/mol. The van der Waals surface area contributed by atoms with Crippen molar-refractivity contribution in [3.63, 3.8) is 0 Å². The van der Waals surface area contributed by atoms with Gasteiger partial charge in [0.15, 0.2) is 0 Å². The van der Waals surface area contributed by atoms with E-state index in [0.29, 0.717) is 6.54 Å². The minimum absolute atomic E-state index is 0.0417. The molecular formula is C17H23NO3. The topological polar surface area (TPSA) is 57.6 Å². The maximum absolute atomic E-state index is 12.8. The Labute approximate surface area is 125 Å². The van der Waals surface area contributed by atoms with Crippen LogP contribution in [0.15, 0.2) is 12.1 Å². The van der Waals surface area contributed by atoms with Crippen molar-refractivity contribution in [1.82, 2.24) is 4.90 Å². The van der Waals surface area contributed by atoms with Gasteiger partial charge in [0.25, 0.3) is 5.91 Å². The van der Waals surface area contributed by atoms with E-state index in [0.717, 1.165) is 41.6 Å². The number of hydrogen-bond acceptors (Lipinski definition) is 2. The Balaban J connectivity index is 2.18. The molecule has 0 saturated carbocycles. The van der Waals surface area contributed by atoms with Gasteiger partial charge in [-0.1, -0.05) is 17.7 Å². The second-order valence-electron chi connectivity index (χ2n) is 6.13. The number of carbonyl (C=O) groups is 2. The standard InChI is InChI=1S/C17H23NO3/c1-11-7-12(2)16(13(3)8-11)17(21)18-6-4-5-14(10-18)9-15(19)20/h7-8,14H,4-6,9-10H2,1-3H3,(H,19,20). The fourth-order valence-corrected chi connectivity index (χ4v) is 3.34. The van der Waals surface area contributed by atoms with Crippen molar-refractivity contribution < 1.29 is 14.7 Å². The first kappa shape index (κ1) is 15.5. The molecule has 1 saturated heterocycles. The number of carbonyl (C=O) groups excluding carboxylic acids is 1. The monoisotopic (exact) mass is 289 g/mol. The first-order valence-electron chi connectivity index (χ1n) is 7.47. The Morgan fingerprint density at radius 1 is 1.24 bits per heavy atom.